The van der Waals surface area contributed by atoms with Gasteiger partial charge in [-0.15, -0.1) is 0 Å². The van der Waals surface area contributed by atoms with Gasteiger partial charge in [0.2, 0.25) is 5.76 Å². The molecule has 7 heteroatoms. The van der Waals surface area contributed by atoms with E-state index < -0.39 is 24.0 Å². The molecule has 178 valence electrons. The molecule has 1 amide bonds. The van der Waals surface area contributed by atoms with Gasteiger partial charge in [0.15, 0.2) is 6.10 Å². The number of benzene rings is 2. The third-order valence-electron chi connectivity index (χ3n) is 6.45. The summed E-state index contributed by atoms with van der Waals surface area (Å²) in [5.74, 6) is -1.36. The smallest absolute Gasteiger partial charge is 0.332 e. The second-order valence-corrected chi connectivity index (χ2v) is 8.98. The standard InChI is InChI=1S/C27H30N2O5/c30-24(27(32)33)16-22(15-18-11-13-20(14-12-18)19-7-3-1-4-8-19)28-26(31)25-17-23(29-34-25)21-9-5-2-6-10-21/h1,3-4,7-8,11-14,17,21-22,24,30H,2,5-6,9-10,15-16H2,(H,28,31)(H,32,33). The molecule has 1 fully saturated rings. The Hall–Kier alpha value is -3.45. The van der Waals surface area contributed by atoms with Gasteiger partial charge in [-0.25, -0.2) is 4.79 Å². The molecule has 0 saturated heterocycles. The molecule has 0 spiro atoms. The summed E-state index contributed by atoms with van der Waals surface area (Å²) in [6.07, 6.45) is 4.28. The highest BCUT2D eigenvalue weighted by Gasteiger charge is 2.25. The zero-order chi connectivity index (χ0) is 23.9. The highest BCUT2D eigenvalue weighted by molar-refractivity contribution is 5.91. The van der Waals surface area contributed by atoms with Gasteiger partial charge >= 0.3 is 5.97 Å². The van der Waals surface area contributed by atoms with Crippen LogP contribution in [-0.2, 0) is 11.2 Å². The van der Waals surface area contributed by atoms with Gasteiger partial charge in [-0.2, -0.15) is 0 Å². The first kappa shape index (κ1) is 23.7. The van der Waals surface area contributed by atoms with Crippen molar-refractivity contribution in [3.05, 3.63) is 77.7 Å². The quantitative estimate of drug-likeness (QED) is 0.430. The fourth-order valence-corrected chi connectivity index (χ4v) is 4.56. The lowest BCUT2D eigenvalue weighted by molar-refractivity contribution is -0.147. The molecule has 0 aliphatic heterocycles. The van der Waals surface area contributed by atoms with Crippen LogP contribution < -0.4 is 5.32 Å². The summed E-state index contributed by atoms with van der Waals surface area (Å²) in [7, 11) is 0. The first-order chi connectivity index (χ1) is 16.5. The highest BCUT2D eigenvalue weighted by Crippen LogP contribution is 2.32. The van der Waals surface area contributed by atoms with Crippen LogP contribution in [0, 0.1) is 0 Å². The SMILES string of the molecule is O=C(NC(Cc1ccc(-c2ccccc2)cc1)CC(O)C(=O)O)c1cc(C2CCCCC2)no1. The van der Waals surface area contributed by atoms with Crippen molar-refractivity contribution in [2.75, 3.05) is 0 Å². The van der Waals surface area contributed by atoms with Crippen LogP contribution in [0.1, 0.15) is 66.3 Å². The summed E-state index contributed by atoms with van der Waals surface area (Å²) in [4.78, 5) is 24.1. The van der Waals surface area contributed by atoms with E-state index in [9.17, 15) is 14.7 Å². The lowest BCUT2D eigenvalue weighted by Gasteiger charge is -2.20. The van der Waals surface area contributed by atoms with Gasteiger partial charge in [-0.05, 0) is 36.0 Å². The number of hydrogen-bond acceptors (Lipinski definition) is 5. The molecule has 1 saturated carbocycles. The van der Waals surface area contributed by atoms with Gasteiger partial charge in [0.1, 0.15) is 0 Å². The van der Waals surface area contributed by atoms with Crippen molar-refractivity contribution in [1.82, 2.24) is 10.5 Å². The average molecular weight is 463 g/mol. The van der Waals surface area contributed by atoms with E-state index in [1.807, 2.05) is 54.6 Å². The van der Waals surface area contributed by atoms with E-state index in [1.54, 1.807) is 6.07 Å². The molecule has 1 aliphatic rings. The second-order valence-electron chi connectivity index (χ2n) is 8.98. The first-order valence-electron chi connectivity index (χ1n) is 11.8. The second kappa shape index (κ2) is 11.1. The van der Waals surface area contributed by atoms with Crippen LogP contribution >= 0.6 is 0 Å². The van der Waals surface area contributed by atoms with Crippen LogP contribution in [0.15, 0.2) is 65.2 Å². The number of amides is 1. The van der Waals surface area contributed by atoms with E-state index in [0.717, 1.165) is 48.1 Å². The van der Waals surface area contributed by atoms with Crippen molar-refractivity contribution in [2.45, 2.75) is 63.0 Å². The first-order valence-corrected chi connectivity index (χ1v) is 11.8. The van der Waals surface area contributed by atoms with Crippen molar-refractivity contribution in [3.63, 3.8) is 0 Å². The van der Waals surface area contributed by atoms with E-state index in [2.05, 4.69) is 10.5 Å². The molecule has 4 rings (SSSR count). The van der Waals surface area contributed by atoms with E-state index in [1.165, 1.54) is 6.42 Å². The molecular weight excluding hydrogens is 432 g/mol. The van der Waals surface area contributed by atoms with Gasteiger partial charge in [0, 0.05) is 24.4 Å². The zero-order valence-electron chi connectivity index (χ0n) is 19.0. The molecule has 0 bridgehead atoms. The summed E-state index contributed by atoms with van der Waals surface area (Å²) in [5, 5.41) is 26.0. The molecular formula is C27H30N2O5. The lowest BCUT2D eigenvalue weighted by atomic mass is 9.87. The molecule has 34 heavy (non-hydrogen) atoms. The van der Waals surface area contributed by atoms with E-state index in [-0.39, 0.29) is 12.2 Å². The largest absolute Gasteiger partial charge is 0.479 e. The van der Waals surface area contributed by atoms with Crippen LogP contribution in [0.5, 0.6) is 0 Å². The van der Waals surface area contributed by atoms with Crippen LogP contribution in [0.4, 0.5) is 0 Å². The van der Waals surface area contributed by atoms with Crippen molar-refractivity contribution in [3.8, 4) is 11.1 Å². The van der Waals surface area contributed by atoms with Crippen molar-refractivity contribution >= 4 is 11.9 Å². The number of carbonyl (C=O) groups excluding carboxylic acids is 1. The minimum absolute atomic E-state index is 0.106. The van der Waals surface area contributed by atoms with Gasteiger partial charge in [-0.3, -0.25) is 4.79 Å². The van der Waals surface area contributed by atoms with Gasteiger partial charge in [0.25, 0.3) is 5.91 Å². The predicted molar refractivity (Wildman–Crippen MR) is 127 cm³/mol. The Labute approximate surface area is 198 Å². The minimum atomic E-state index is -1.58. The number of nitrogens with zero attached hydrogens (tertiary/aromatic N) is 1. The van der Waals surface area contributed by atoms with Crippen molar-refractivity contribution in [2.24, 2.45) is 0 Å². The zero-order valence-corrected chi connectivity index (χ0v) is 19.0. The third kappa shape index (κ3) is 6.11. The number of aromatic nitrogens is 1. The molecule has 2 aromatic carbocycles. The molecule has 1 aliphatic carbocycles. The fourth-order valence-electron chi connectivity index (χ4n) is 4.56. The van der Waals surface area contributed by atoms with Crippen LogP contribution in [0.3, 0.4) is 0 Å². The predicted octanol–water partition coefficient (Wildman–Crippen LogP) is 4.57. The monoisotopic (exact) mass is 462 g/mol. The van der Waals surface area contributed by atoms with Crippen LogP contribution in [-0.4, -0.2) is 39.4 Å². The number of aliphatic hydroxyl groups is 1. The van der Waals surface area contributed by atoms with E-state index in [4.69, 9.17) is 9.63 Å². The maximum absolute atomic E-state index is 12.9. The Morgan fingerprint density at radius 3 is 2.35 bits per heavy atom. The number of aliphatic hydroxyl groups excluding tert-OH is 1. The number of carboxylic acids is 1. The van der Waals surface area contributed by atoms with Crippen LogP contribution in [0.25, 0.3) is 11.1 Å². The average Bonchev–Trinajstić information content (AvgIpc) is 3.36. The molecule has 7 nitrogen and oxygen atoms in total. The number of nitrogens with one attached hydrogen (secondary N) is 1. The molecule has 2 unspecified atom stereocenters. The summed E-state index contributed by atoms with van der Waals surface area (Å²) >= 11 is 0. The maximum Gasteiger partial charge on any atom is 0.332 e. The summed E-state index contributed by atoms with van der Waals surface area (Å²) in [6.45, 7) is 0. The van der Waals surface area contributed by atoms with Gasteiger partial charge in [0.05, 0.1) is 5.69 Å². The number of rotatable bonds is 9. The number of aliphatic carboxylic acids is 1. The summed E-state index contributed by atoms with van der Waals surface area (Å²) < 4.78 is 5.31. The van der Waals surface area contributed by atoms with E-state index in [0.29, 0.717) is 12.3 Å². The Balaban J connectivity index is 1.45. The molecule has 3 aromatic rings. The molecule has 0 radical (unpaired) electrons. The van der Waals surface area contributed by atoms with Crippen molar-refractivity contribution in [1.29, 1.82) is 0 Å². The summed E-state index contributed by atoms with van der Waals surface area (Å²) in [5.41, 5.74) is 3.87. The number of hydrogen-bond donors (Lipinski definition) is 3. The van der Waals surface area contributed by atoms with Gasteiger partial charge in [-0.1, -0.05) is 79.0 Å². The van der Waals surface area contributed by atoms with Crippen LogP contribution in [0.2, 0.25) is 0 Å². The lowest BCUT2D eigenvalue weighted by Crippen LogP contribution is -2.40. The highest BCUT2D eigenvalue weighted by atomic mass is 16.5. The normalized spacial score (nSPS) is 16.0. The van der Waals surface area contributed by atoms with E-state index >= 15 is 0 Å². The number of carbonyl (C=O) groups is 2. The fraction of sp³-hybridized carbons (Fsp3) is 0.370. The molecule has 2 atom stereocenters. The maximum atomic E-state index is 12.9. The third-order valence-corrected chi connectivity index (χ3v) is 6.45. The van der Waals surface area contributed by atoms with Gasteiger partial charge < -0.3 is 20.1 Å². The molecule has 3 N–H and O–H groups in total. The minimum Gasteiger partial charge on any atom is -0.479 e. The molecule has 1 heterocycles. The topological polar surface area (TPSA) is 113 Å². The Morgan fingerprint density at radius 1 is 1.00 bits per heavy atom. The Kier molecular flexibility index (Phi) is 7.75. The Morgan fingerprint density at radius 2 is 1.68 bits per heavy atom. The number of carboxylic acid groups (broad SMARTS) is 1. The van der Waals surface area contributed by atoms with Crippen molar-refractivity contribution < 1.29 is 24.3 Å². The Bertz CT molecular complexity index is 1090. The summed E-state index contributed by atoms with van der Waals surface area (Å²) in [6, 6.07) is 18.9. The molecule has 1 aromatic heterocycles.